The molecule has 0 radical (unpaired) electrons. The first-order valence-electron chi connectivity index (χ1n) is 9.11. The second-order valence-electron chi connectivity index (χ2n) is 7.27. The highest BCUT2D eigenvalue weighted by Gasteiger charge is 2.50. The van der Waals surface area contributed by atoms with E-state index < -0.39 is 5.83 Å². The largest absolute Gasteiger partial charge is 0.491 e. The van der Waals surface area contributed by atoms with Crippen molar-refractivity contribution >= 4 is 5.91 Å². The Bertz CT molecular complexity index is 549. The van der Waals surface area contributed by atoms with Crippen LogP contribution in [0.1, 0.15) is 39.5 Å². The van der Waals surface area contributed by atoms with Crippen molar-refractivity contribution in [3.8, 4) is 0 Å². The minimum atomic E-state index is -0.560. The minimum absolute atomic E-state index is 0.0330. The highest BCUT2D eigenvalue weighted by Crippen LogP contribution is 2.48. The van der Waals surface area contributed by atoms with E-state index in [0.29, 0.717) is 38.0 Å². The number of hydrogen-bond acceptors (Lipinski definition) is 3. The summed E-state index contributed by atoms with van der Waals surface area (Å²) < 4.78 is 24.2. The second-order valence-corrected chi connectivity index (χ2v) is 7.27. The number of allylic oxidation sites excluding steroid dienone is 3. The van der Waals surface area contributed by atoms with Gasteiger partial charge in [-0.25, -0.2) is 4.39 Å². The Kier molecular flexibility index (Phi) is 6.82. The van der Waals surface area contributed by atoms with Crippen LogP contribution in [0.4, 0.5) is 4.39 Å². The third kappa shape index (κ3) is 4.94. The summed E-state index contributed by atoms with van der Waals surface area (Å²) in [5, 5.41) is 0. The monoisotopic (exact) mass is 351 g/mol. The van der Waals surface area contributed by atoms with Crippen molar-refractivity contribution in [1.82, 2.24) is 4.90 Å². The van der Waals surface area contributed by atoms with E-state index in [1.165, 1.54) is 12.5 Å². The number of rotatable bonds is 10. The van der Waals surface area contributed by atoms with Crippen LogP contribution < -0.4 is 0 Å². The lowest BCUT2D eigenvalue weighted by molar-refractivity contribution is -0.140. The number of carbonyl (C=O) groups is 1. The molecule has 2 rings (SSSR count). The van der Waals surface area contributed by atoms with Crippen LogP contribution >= 0.6 is 0 Å². The molecule has 0 atom stereocenters. The van der Waals surface area contributed by atoms with Crippen LogP contribution in [0.15, 0.2) is 36.4 Å². The van der Waals surface area contributed by atoms with Gasteiger partial charge < -0.3 is 14.4 Å². The van der Waals surface area contributed by atoms with Crippen molar-refractivity contribution < 1.29 is 18.7 Å². The first kappa shape index (κ1) is 19.7. The summed E-state index contributed by atoms with van der Waals surface area (Å²) >= 11 is 0. The van der Waals surface area contributed by atoms with Gasteiger partial charge in [0, 0.05) is 19.2 Å². The summed E-state index contributed by atoms with van der Waals surface area (Å²) in [7, 11) is 0. The summed E-state index contributed by atoms with van der Waals surface area (Å²) in [4.78, 5) is 14.3. The van der Waals surface area contributed by atoms with Gasteiger partial charge in [-0.05, 0) is 30.8 Å². The van der Waals surface area contributed by atoms with Crippen molar-refractivity contribution in [2.24, 2.45) is 11.3 Å². The molecule has 1 heterocycles. The molecule has 1 saturated carbocycles. The van der Waals surface area contributed by atoms with Crippen LogP contribution in [0, 0.1) is 11.3 Å². The van der Waals surface area contributed by atoms with Gasteiger partial charge in [0.05, 0.1) is 18.6 Å². The zero-order chi connectivity index (χ0) is 18.4. The Labute approximate surface area is 150 Å². The lowest BCUT2D eigenvalue weighted by atomic mass is 9.68. The molecule has 1 saturated heterocycles. The van der Waals surface area contributed by atoms with E-state index in [1.54, 1.807) is 0 Å². The maximum atomic E-state index is 13.1. The molecule has 140 valence electrons. The molecule has 0 aromatic heterocycles. The fourth-order valence-electron chi connectivity index (χ4n) is 3.31. The zero-order valence-electron chi connectivity index (χ0n) is 15.5. The van der Waals surface area contributed by atoms with Gasteiger partial charge in [0.15, 0.2) is 0 Å². The van der Waals surface area contributed by atoms with E-state index >= 15 is 0 Å². The van der Waals surface area contributed by atoms with Crippen LogP contribution in [-0.4, -0.2) is 43.7 Å². The minimum Gasteiger partial charge on any atom is -0.491 e. The summed E-state index contributed by atoms with van der Waals surface area (Å²) in [5.41, 5.74) is 0.696. The van der Waals surface area contributed by atoms with Crippen molar-refractivity contribution in [1.29, 1.82) is 0 Å². The van der Waals surface area contributed by atoms with Gasteiger partial charge >= 0.3 is 0 Å². The number of amides is 1. The molecule has 1 amide bonds. The average Bonchev–Trinajstić information content (AvgIpc) is 2.85. The molecule has 2 aliphatic rings. The molecule has 4 nitrogen and oxygen atoms in total. The molecule has 0 N–H and O–H groups in total. The Morgan fingerprint density at radius 1 is 1.28 bits per heavy atom. The molecule has 1 spiro atoms. The maximum Gasteiger partial charge on any atom is 0.228 e. The molecule has 1 aliphatic heterocycles. The van der Waals surface area contributed by atoms with Crippen molar-refractivity contribution in [2.45, 2.75) is 39.5 Å². The topological polar surface area (TPSA) is 38.8 Å². The van der Waals surface area contributed by atoms with Crippen LogP contribution in [-0.2, 0) is 14.3 Å². The molecule has 25 heavy (non-hydrogen) atoms. The Hall–Kier alpha value is -1.62. The lowest BCUT2D eigenvalue weighted by Gasteiger charge is -2.36. The number of ether oxygens (including phenoxy) is 2. The highest BCUT2D eigenvalue weighted by atomic mass is 19.1. The molecular formula is C20H30FNO3. The summed E-state index contributed by atoms with van der Waals surface area (Å²) in [6, 6.07) is 0. The molecule has 0 aromatic rings. The SMILES string of the molecule is C=C(F)/C=C(/OCCOCCN1CCC2(CCC2)C1=O)C(=C)C(C)C. The Morgan fingerprint density at radius 3 is 2.52 bits per heavy atom. The van der Waals surface area contributed by atoms with E-state index in [-0.39, 0.29) is 11.3 Å². The lowest BCUT2D eigenvalue weighted by Crippen LogP contribution is -2.40. The number of hydrogen-bond donors (Lipinski definition) is 0. The van der Waals surface area contributed by atoms with Gasteiger partial charge in [-0.2, -0.15) is 0 Å². The summed E-state index contributed by atoms with van der Waals surface area (Å²) in [6.45, 7) is 13.8. The molecule has 0 aromatic carbocycles. The molecule has 0 unspecified atom stereocenters. The number of halogens is 1. The Balaban J connectivity index is 1.65. The maximum absolute atomic E-state index is 13.1. The third-order valence-electron chi connectivity index (χ3n) is 5.20. The van der Waals surface area contributed by atoms with Gasteiger partial charge in [0.1, 0.15) is 18.2 Å². The van der Waals surface area contributed by atoms with Crippen molar-refractivity contribution in [3.05, 3.63) is 36.4 Å². The molecule has 5 heteroatoms. The first-order valence-corrected chi connectivity index (χ1v) is 9.11. The van der Waals surface area contributed by atoms with Crippen LogP contribution in [0.3, 0.4) is 0 Å². The molecular weight excluding hydrogens is 321 g/mol. The van der Waals surface area contributed by atoms with Gasteiger partial charge in [0.2, 0.25) is 5.91 Å². The predicted molar refractivity (Wildman–Crippen MR) is 96.6 cm³/mol. The fourth-order valence-corrected chi connectivity index (χ4v) is 3.31. The predicted octanol–water partition coefficient (Wildman–Crippen LogP) is 4.00. The van der Waals surface area contributed by atoms with Gasteiger partial charge in [-0.3, -0.25) is 4.79 Å². The summed E-state index contributed by atoms with van der Waals surface area (Å²) in [5.74, 6) is 0.313. The molecule has 0 bridgehead atoms. The quantitative estimate of drug-likeness (QED) is 0.339. The van der Waals surface area contributed by atoms with E-state index in [4.69, 9.17) is 9.47 Å². The zero-order valence-corrected chi connectivity index (χ0v) is 15.5. The average molecular weight is 351 g/mol. The van der Waals surface area contributed by atoms with E-state index in [0.717, 1.165) is 31.4 Å². The standard InChI is InChI=1S/C20H30FNO3/c1-15(2)17(4)18(14-16(3)21)25-13-12-24-11-10-22-9-8-20(19(22)23)6-5-7-20/h14-15H,3-13H2,1-2H3/b18-14+. The molecule has 1 aliphatic carbocycles. The van der Waals surface area contributed by atoms with E-state index in [9.17, 15) is 9.18 Å². The summed E-state index contributed by atoms with van der Waals surface area (Å²) in [6.07, 6.45) is 5.52. The normalized spacial score (nSPS) is 19.4. The number of likely N-dealkylation sites (tertiary alicyclic amines) is 1. The van der Waals surface area contributed by atoms with Gasteiger partial charge in [-0.1, -0.05) is 33.4 Å². The van der Waals surface area contributed by atoms with Crippen LogP contribution in [0.2, 0.25) is 0 Å². The van der Waals surface area contributed by atoms with Crippen molar-refractivity contribution in [3.63, 3.8) is 0 Å². The Morgan fingerprint density at radius 2 is 2.00 bits per heavy atom. The van der Waals surface area contributed by atoms with Gasteiger partial charge in [-0.15, -0.1) is 0 Å². The second kappa shape index (κ2) is 8.65. The van der Waals surface area contributed by atoms with Crippen molar-refractivity contribution in [2.75, 3.05) is 32.9 Å². The highest BCUT2D eigenvalue weighted by molar-refractivity contribution is 5.85. The number of carbonyl (C=O) groups excluding carboxylic acids is 1. The van der Waals surface area contributed by atoms with E-state index in [1.807, 2.05) is 18.7 Å². The third-order valence-corrected chi connectivity index (χ3v) is 5.20. The smallest absolute Gasteiger partial charge is 0.228 e. The number of nitrogens with zero attached hydrogens (tertiary/aromatic N) is 1. The molecule has 2 fully saturated rings. The fraction of sp³-hybridized carbons (Fsp3) is 0.650. The van der Waals surface area contributed by atoms with Crippen LogP contribution in [0.5, 0.6) is 0 Å². The van der Waals surface area contributed by atoms with Gasteiger partial charge in [0.25, 0.3) is 0 Å². The van der Waals surface area contributed by atoms with Crippen LogP contribution in [0.25, 0.3) is 0 Å². The van der Waals surface area contributed by atoms with E-state index in [2.05, 4.69) is 13.2 Å². The first-order chi connectivity index (χ1) is 11.9.